The molecule has 5 nitrogen and oxygen atoms in total. The largest absolute Gasteiger partial charge is 0.379 e. The standard InChI is InChI=1S/C11H21BrN2O3S/c12-9-11(3-1-2-4-11)10-13-18(15,16)14-5-7-17-8-6-14/h13H,1-10H2. The summed E-state index contributed by atoms with van der Waals surface area (Å²) in [5.41, 5.74) is 0.110. The predicted octanol–water partition coefficient (Wildman–Crippen LogP) is 1.11. The zero-order valence-electron chi connectivity index (χ0n) is 10.5. The van der Waals surface area contributed by atoms with Crippen molar-refractivity contribution in [2.45, 2.75) is 25.7 Å². The fourth-order valence-electron chi connectivity index (χ4n) is 2.61. The highest BCUT2D eigenvalue weighted by molar-refractivity contribution is 9.09. The Kier molecular flexibility index (Phi) is 5.05. The Labute approximate surface area is 118 Å². The molecule has 0 aromatic heterocycles. The van der Waals surface area contributed by atoms with Crippen molar-refractivity contribution in [1.82, 2.24) is 9.03 Å². The minimum absolute atomic E-state index is 0.110. The highest BCUT2D eigenvalue weighted by Gasteiger charge is 2.35. The van der Waals surface area contributed by atoms with Gasteiger partial charge in [0.25, 0.3) is 10.2 Å². The van der Waals surface area contributed by atoms with Gasteiger partial charge in [0.2, 0.25) is 0 Å². The normalized spacial score (nSPS) is 25.4. The molecule has 0 bridgehead atoms. The third-order valence-corrected chi connectivity index (χ3v) is 6.63. The van der Waals surface area contributed by atoms with Gasteiger partial charge in [0.15, 0.2) is 0 Å². The third kappa shape index (κ3) is 3.45. The van der Waals surface area contributed by atoms with E-state index < -0.39 is 10.2 Å². The molecule has 1 heterocycles. The van der Waals surface area contributed by atoms with E-state index in [1.807, 2.05) is 0 Å². The van der Waals surface area contributed by atoms with Crippen LogP contribution in [0.15, 0.2) is 0 Å². The number of hydrogen-bond donors (Lipinski definition) is 1. The third-order valence-electron chi connectivity index (χ3n) is 3.89. The molecule has 0 aromatic carbocycles. The van der Waals surface area contributed by atoms with Crippen LogP contribution in [0.1, 0.15) is 25.7 Å². The molecule has 106 valence electrons. The summed E-state index contributed by atoms with van der Waals surface area (Å²) >= 11 is 3.53. The number of nitrogens with one attached hydrogen (secondary N) is 1. The highest BCUT2D eigenvalue weighted by atomic mass is 79.9. The van der Waals surface area contributed by atoms with Crippen molar-refractivity contribution in [3.05, 3.63) is 0 Å². The van der Waals surface area contributed by atoms with Gasteiger partial charge in [0.05, 0.1) is 13.2 Å². The van der Waals surface area contributed by atoms with Crippen LogP contribution in [0.4, 0.5) is 0 Å². The summed E-state index contributed by atoms with van der Waals surface area (Å²) in [5, 5.41) is 0.867. The van der Waals surface area contributed by atoms with Crippen LogP contribution < -0.4 is 4.72 Å². The predicted molar refractivity (Wildman–Crippen MR) is 74.0 cm³/mol. The van der Waals surface area contributed by atoms with Crippen molar-refractivity contribution in [3.63, 3.8) is 0 Å². The van der Waals surface area contributed by atoms with Crippen LogP contribution in [0.25, 0.3) is 0 Å². The Hall–Kier alpha value is 0.310. The van der Waals surface area contributed by atoms with Crippen LogP contribution in [0.5, 0.6) is 0 Å². The van der Waals surface area contributed by atoms with Crippen molar-refractivity contribution >= 4 is 26.1 Å². The van der Waals surface area contributed by atoms with Crippen LogP contribution in [0, 0.1) is 5.41 Å². The Morgan fingerprint density at radius 3 is 2.39 bits per heavy atom. The van der Waals surface area contributed by atoms with E-state index in [2.05, 4.69) is 20.7 Å². The Bertz CT molecular complexity index is 362. The molecule has 7 heteroatoms. The monoisotopic (exact) mass is 340 g/mol. The zero-order valence-corrected chi connectivity index (χ0v) is 12.9. The first-order valence-corrected chi connectivity index (χ1v) is 9.03. The van der Waals surface area contributed by atoms with Crippen molar-refractivity contribution in [1.29, 1.82) is 0 Å². The second kappa shape index (κ2) is 6.17. The topological polar surface area (TPSA) is 58.6 Å². The van der Waals surface area contributed by atoms with E-state index in [4.69, 9.17) is 4.74 Å². The van der Waals surface area contributed by atoms with Crippen LogP contribution in [0.3, 0.4) is 0 Å². The molecule has 2 rings (SSSR count). The smallest absolute Gasteiger partial charge is 0.279 e. The van der Waals surface area contributed by atoms with Crippen LogP contribution in [-0.4, -0.2) is 50.9 Å². The van der Waals surface area contributed by atoms with Crippen LogP contribution in [0.2, 0.25) is 0 Å². The molecule has 1 N–H and O–H groups in total. The van der Waals surface area contributed by atoms with Crippen molar-refractivity contribution in [2.75, 3.05) is 38.2 Å². The number of alkyl halides is 1. The number of rotatable bonds is 5. The maximum absolute atomic E-state index is 12.1. The second-order valence-electron chi connectivity index (χ2n) is 5.18. The Balaban J connectivity index is 1.91. The van der Waals surface area contributed by atoms with E-state index in [0.29, 0.717) is 32.8 Å². The number of ether oxygens (including phenoxy) is 1. The van der Waals surface area contributed by atoms with E-state index in [-0.39, 0.29) is 5.41 Å². The average molecular weight is 341 g/mol. The quantitative estimate of drug-likeness (QED) is 0.762. The van der Waals surface area contributed by atoms with Gasteiger partial charge in [-0.25, -0.2) is 4.72 Å². The molecule has 1 saturated heterocycles. The first-order chi connectivity index (χ1) is 8.58. The lowest BCUT2D eigenvalue weighted by atomic mass is 9.89. The maximum Gasteiger partial charge on any atom is 0.279 e. The van der Waals surface area contributed by atoms with Gasteiger partial charge in [-0.3, -0.25) is 0 Å². The molecule has 1 saturated carbocycles. The van der Waals surface area contributed by atoms with Crippen LogP contribution >= 0.6 is 15.9 Å². The number of morpholine rings is 1. The van der Waals surface area contributed by atoms with Gasteiger partial charge in [-0.15, -0.1) is 0 Å². The Morgan fingerprint density at radius 2 is 1.83 bits per heavy atom. The van der Waals surface area contributed by atoms with Gasteiger partial charge in [-0.05, 0) is 18.3 Å². The fraction of sp³-hybridized carbons (Fsp3) is 1.00. The number of hydrogen-bond acceptors (Lipinski definition) is 3. The molecule has 0 amide bonds. The summed E-state index contributed by atoms with van der Waals surface area (Å²) in [6.07, 6.45) is 4.60. The molecular weight excluding hydrogens is 320 g/mol. The minimum Gasteiger partial charge on any atom is -0.379 e. The molecule has 0 aromatic rings. The molecule has 1 aliphatic heterocycles. The van der Waals surface area contributed by atoms with Gasteiger partial charge in [-0.1, -0.05) is 28.8 Å². The molecule has 0 radical (unpaired) electrons. The first kappa shape index (κ1) is 14.7. The van der Waals surface area contributed by atoms with Crippen LogP contribution in [-0.2, 0) is 14.9 Å². The lowest BCUT2D eigenvalue weighted by molar-refractivity contribution is 0.0723. The second-order valence-corrected chi connectivity index (χ2v) is 7.49. The molecule has 0 spiro atoms. The molecule has 1 aliphatic carbocycles. The lowest BCUT2D eigenvalue weighted by Gasteiger charge is -2.30. The van der Waals surface area contributed by atoms with Crippen molar-refractivity contribution in [2.24, 2.45) is 5.41 Å². The molecule has 0 atom stereocenters. The van der Waals surface area contributed by atoms with Crippen molar-refractivity contribution in [3.8, 4) is 0 Å². The molecular formula is C11H21BrN2O3S. The molecule has 2 aliphatic rings. The summed E-state index contributed by atoms with van der Waals surface area (Å²) in [5.74, 6) is 0. The van der Waals surface area contributed by atoms with Gasteiger partial charge in [0, 0.05) is 25.0 Å². The summed E-state index contributed by atoms with van der Waals surface area (Å²) in [7, 11) is -3.34. The zero-order chi connectivity index (χ0) is 13.1. The van der Waals surface area contributed by atoms with Gasteiger partial charge < -0.3 is 4.74 Å². The van der Waals surface area contributed by atoms with Gasteiger partial charge in [0.1, 0.15) is 0 Å². The van der Waals surface area contributed by atoms with Crippen molar-refractivity contribution < 1.29 is 13.2 Å². The summed E-state index contributed by atoms with van der Waals surface area (Å²) < 4.78 is 33.7. The maximum atomic E-state index is 12.1. The van der Waals surface area contributed by atoms with Gasteiger partial charge in [-0.2, -0.15) is 12.7 Å². The SMILES string of the molecule is O=S(=O)(NCC1(CBr)CCCC1)N1CCOCC1. The minimum atomic E-state index is -3.34. The summed E-state index contributed by atoms with van der Waals surface area (Å²) in [4.78, 5) is 0. The van der Waals surface area contributed by atoms with E-state index in [1.54, 1.807) is 0 Å². The van der Waals surface area contributed by atoms with E-state index in [1.165, 1.54) is 17.1 Å². The Morgan fingerprint density at radius 1 is 1.22 bits per heavy atom. The average Bonchev–Trinajstić information content (AvgIpc) is 2.87. The number of halogens is 1. The number of nitrogens with zero attached hydrogens (tertiary/aromatic N) is 1. The summed E-state index contributed by atoms with van der Waals surface area (Å²) in [6.45, 7) is 2.43. The van der Waals surface area contributed by atoms with E-state index in [0.717, 1.165) is 18.2 Å². The highest BCUT2D eigenvalue weighted by Crippen LogP contribution is 2.39. The first-order valence-electron chi connectivity index (χ1n) is 6.46. The lowest BCUT2D eigenvalue weighted by Crippen LogP contribution is -2.49. The molecule has 0 unspecified atom stereocenters. The van der Waals surface area contributed by atoms with E-state index in [9.17, 15) is 8.42 Å². The summed E-state index contributed by atoms with van der Waals surface area (Å²) in [6, 6.07) is 0. The van der Waals surface area contributed by atoms with E-state index >= 15 is 0 Å². The molecule has 18 heavy (non-hydrogen) atoms. The molecule has 2 fully saturated rings. The van der Waals surface area contributed by atoms with Gasteiger partial charge >= 0.3 is 0 Å². The fourth-order valence-corrected chi connectivity index (χ4v) is 4.67.